The maximum Gasteiger partial charge on any atom is 0.161 e. The molecule has 0 saturated heterocycles. The molecule has 2 rings (SSSR count). The van der Waals surface area contributed by atoms with E-state index in [0.717, 1.165) is 17.8 Å². The molecular formula is C16H25O3P. The molecule has 20 heavy (non-hydrogen) atoms. The van der Waals surface area contributed by atoms with Crippen LogP contribution in [-0.2, 0) is 11.2 Å². The fraction of sp³-hybridized carbons (Fsp3) is 0.562. The molecule has 0 heterocycles. The van der Waals surface area contributed by atoms with Crippen molar-refractivity contribution in [1.82, 2.24) is 0 Å². The summed E-state index contributed by atoms with van der Waals surface area (Å²) < 4.78 is 0. The Bertz CT molecular complexity index is 380. The van der Waals surface area contributed by atoms with Gasteiger partial charge in [0.2, 0.25) is 0 Å². The predicted molar refractivity (Wildman–Crippen MR) is 83.9 cm³/mol. The highest BCUT2D eigenvalue weighted by atomic mass is 31.2. The second-order valence-corrected chi connectivity index (χ2v) is 6.49. The zero-order valence-electron chi connectivity index (χ0n) is 12.3. The Hall–Kier alpha value is -0.760. The number of rotatable bonds is 4. The summed E-state index contributed by atoms with van der Waals surface area (Å²) >= 11 is 0. The maximum atomic E-state index is 10.7. The van der Waals surface area contributed by atoms with E-state index < -0.39 is 8.38 Å². The molecular weight excluding hydrogens is 271 g/mol. The summed E-state index contributed by atoms with van der Waals surface area (Å²) in [6.45, 7) is 3.29. The maximum absolute atomic E-state index is 10.7. The summed E-state index contributed by atoms with van der Waals surface area (Å²) in [6, 6.07) is 8.58. The highest BCUT2D eigenvalue weighted by Crippen LogP contribution is 2.28. The van der Waals surface area contributed by atoms with E-state index in [9.17, 15) is 4.79 Å². The van der Waals surface area contributed by atoms with Crippen molar-refractivity contribution in [2.24, 2.45) is 5.92 Å². The largest absolute Gasteiger partial charge is 0.350 e. The third kappa shape index (κ3) is 6.60. The summed E-state index contributed by atoms with van der Waals surface area (Å²) in [5.41, 5.74) is 2.55. The van der Waals surface area contributed by atoms with E-state index in [1.807, 2.05) is 6.92 Å². The Balaban J connectivity index is 0.000000444. The molecule has 1 aromatic rings. The van der Waals surface area contributed by atoms with Crippen LogP contribution in [0.3, 0.4) is 0 Å². The molecule has 0 radical (unpaired) electrons. The van der Waals surface area contributed by atoms with Gasteiger partial charge in [0.1, 0.15) is 6.29 Å². The van der Waals surface area contributed by atoms with Crippen LogP contribution in [0.15, 0.2) is 24.3 Å². The third-order valence-electron chi connectivity index (χ3n) is 3.71. The van der Waals surface area contributed by atoms with Crippen molar-refractivity contribution in [2.45, 2.75) is 44.9 Å². The quantitative estimate of drug-likeness (QED) is 0.659. The van der Waals surface area contributed by atoms with Gasteiger partial charge < -0.3 is 14.6 Å². The zero-order valence-corrected chi connectivity index (χ0v) is 13.2. The van der Waals surface area contributed by atoms with Crippen molar-refractivity contribution >= 4 is 14.7 Å². The first-order valence-corrected chi connectivity index (χ1v) is 8.88. The van der Waals surface area contributed by atoms with Crippen LogP contribution in [0.25, 0.3) is 0 Å². The van der Waals surface area contributed by atoms with Crippen LogP contribution in [0.5, 0.6) is 0 Å². The van der Waals surface area contributed by atoms with Crippen LogP contribution < -0.4 is 0 Å². The number of carbonyl (C=O) groups excluding carboxylic acids is 1. The van der Waals surface area contributed by atoms with E-state index in [-0.39, 0.29) is 5.92 Å². The Kier molecular flexibility index (Phi) is 7.98. The zero-order chi connectivity index (χ0) is 15.0. The Labute approximate surface area is 123 Å². The van der Waals surface area contributed by atoms with Gasteiger partial charge in [0.15, 0.2) is 8.38 Å². The molecule has 1 aliphatic rings. The highest BCUT2D eigenvalue weighted by molar-refractivity contribution is 7.44. The van der Waals surface area contributed by atoms with Gasteiger partial charge in [0, 0.05) is 12.6 Å². The lowest BCUT2D eigenvalue weighted by molar-refractivity contribution is -0.108. The second-order valence-electron chi connectivity index (χ2n) is 5.51. The first-order chi connectivity index (χ1) is 9.52. The normalized spacial score (nSPS) is 16.6. The number of benzene rings is 1. The van der Waals surface area contributed by atoms with Crippen molar-refractivity contribution in [1.29, 1.82) is 0 Å². The topological polar surface area (TPSA) is 57.5 Å². The molecule has 0 bridgehead atoms. The fourth-order valence-electron chi connectivity index (χ4n) is 2.58. The van der Waals surface area contributed by atoms with E-state index in [0.29, 0.717) is 0 Å². The molecule has 1 aliphatic carbocycles. The van der Waals surface area contributed by atoms with Crippen molar-refractivity contribution in [3.8, 4) is 0 Å². The summed E-state index contributed by atoms with van der Waals surface area (Å²) in [5.74, 6) is 0.926. The minimum Gasteiger partial charge on any atom is -0.350 e. The van der Waals surface area contributed by atoms with Crippen LogP contribution in [0, 0.1) is 5.92 Å². The standard InChI is InChI=1S/C15H20O.CH5O2P/c1-12(11-16)15-8-6-14(7-9-15)10-13-4-2-3-5-13;1-4(2)3/h6-9,11-13H,2-5,10H2,1H3;2-3H,1H3. The van der Waals surface area contributed by atoms with Gasteiger partial charge in [0.05, 0.1) is 0 Å². The first kappa shape index (κ1) is 17.3. The van der Waals surface area contributed by atoms with Crippen LogP contribution in [0.2, 0.25) is 0 Å². The van der Waals surface area contributed by atoms with Crippen LogP contribution >= 0.6 is 8.38 Å². The number of hydrogen-bond acceptors (Lipinski definition) is 3. The van der Waals surface area contributed by atoms with Crippen LogP contribution in [0.4, 0.5) is 0 Å². The summed E-state index contributed by atoms with van der Waals surface area (Å²) in [4.78, 5) is 26.0. The SMILES string of the molecule is CC(C=O)c1ccc(CC2CCCC2)cc1.CP(O)O. The Morgan fingerprint density at radius 3 is 2.20 bits per heavy atom. The summed E-state index contributed by atoms with van der Waals surface area (Å²) in [6.07, 6.45) is 7.83. The minimum atomic E-state index is -1.62. The van der Waals surface area contributed by atoms with E-state index >= 15 is 0 Å². The molecule has 1 fully saturated rings. The van der Waals surface area contributed by atoms with Crippen LogP contribution in [-0.4, -0.2) is 22.7 Å². The molecule has 2 N–H and O–H groups in total. The molecule has 1 aromatic carbocycles. The van der Waals surface area contributed by atoms with Gasteiger partial charge in [-0.25, -0.2) is 0 Å². The molecule has 0 amide bonds. The summed E-state index contributed by atoms with van der Waals surface area (Å²) in [7, 11) is -1.62. The molecule has 112 valence electrons. The molecule has 0 aliphatic heterocycles. The first-order valence-electron chi connectivity index (χ1n) is 7.18. The number of carbonyl (C=O) groups is 1. The van der Waals surface area contributed by atoms with Gasteiger partial charge >= 0.3 is 0 Å². The number of hydrogen-bond donors (Lipinski definition) is 2. The average molecular weight is 296 g/mol. The lowest BCUT2D eigenvalue weighted by Gasteiger charge is -2.10. The molecule has 4 heteroatoms. The highest BCUT2D eigenvalue weighted by Gasteiger charge is 2.15. The van der Waals surface area contributed by atoms with Gasteiger partial charge in [-0.05, 0) is 23.5 Å². The minimum absolute atomic E-state index is 0.0283. The molecule has 0 spiro atoms. The second kappa shape index (κ2) is 9.23. The van der Waals surface area contributed by atoms with Crippen molar-refractivity contribution < 1.29 is 14.6 Å². The van der Waals surface area contributed by atoms with Gasteiger partial charge in [-0.3, -0.25) is 0 Å². The van der Waals surface area contributed by atoms with Crippen molar-refractivity contribution in [2.75, 3.05) is 6.66 Å². The lowest BCUT2D eigenvalue weighted by atomic mass is 9.95. The third-order valence-corrected chi connectivity index (χ3v) is 3.71. The van der Waals surface area contributed by atoms with Gasteiger partial charge in [-0.1, -0.05) is 56.9 Å². The van der Waals surface area contributed by atoms with Gasteiger partial charge in [0.25, 0.3) is 0 Å². The molecule has 1 unspecified atom stereocenters. The molecule has 0 aromatic heterocycles. The van der Waals surface area contributed by atoms with E-state index in [2.05, 4.69) is 24.3 Å². The van der Waals surface area contributed by atoms with Crippen molar-refractivity contribution in [3.05, 3.63) is 35.4 Å². The van der Waals surface area contributed by atoms with Crippen LogP contribution in [0.1, 0.15) is 49.7 Å². The Morgan fingerprint density at radius 1 is 1.25 bits per heavy atom. The number of aldehydes is 1. The average Bonchev–Trinajstić information content (AvgIpc) is 2.91. The van der Waals surface area contributed by atoms with E-state index in [1.54, 1.807) is 0 Å². The smallest absolute Gasteiger partial charge is 0.161 e. The van der Waals surface area contributed by atoms with E-state index in [4.69, 9.17) is 9.79 Å². The van der Waals surface area contributed by atoms with Gasteiger partial charge in [-0.2, -0.15) is 0 Å². The monoisotopic (exact) mass is 296 g/mol. The summed E-state index contributed by atoms with van der Waals surface area (Å²) in [5, 5.41) is 0. The predicted octanol–water partition coefficient (Wildman–Crippen LogP) is 3.63. The fourth-order valence-corrected chi connectivity index (χ4v) is 2.58. The molecule has 3 nitrogen and oxygen atoms in total. The lowest BCUT2D eigenvalue weighted by Crippen LogP contribution is -1.99. The molecule has 1 saturated carbocycles. The Morgan fingerprint density at radius 2 is 1.75 bits per heavy atom. The molecule has 1 atom stereocenters. The van der Waals surface area contributed by atoms with Gasteiger partial charge in [-0.15, -0.1) is 0 Å². The van der Waals surface area contributed by atoms with E-state index in [1.165, 1.54) is 44.3 Å². The van der Waals surface area contributed by atoms with Crippen molar-refractivity contribution in [3.63, 3.8) is 0 Å².